The van der Waals surface area contributed by atoms with Gasteiger partial charge in [-0.15, -0.1) is 0 Å². The van der Waals surface area contributed by atoms with Crippen molar-refractivity contribution in [3.05, 3.63) is 54.1 Å². The minimum atomic E-state index is -0.550. The van der Waals surface area contributed by atoms with Crippen LogP contribution in [0.2, 0.25) is 0 Å². The van der Waals surface area contributed by atoms with E-state index in [9.17, 15) is 5.11 Å². The van der Waals surface area contributed by atoms with E-state index in [0.29, 0.717) is 13.2 Å². The zero-order valence-corrected chi connectivity index (χ0v) is 12.7. The molecule has 0 fully saturated rings. The normalized spacial score (nSPS) is 14.9. The summed E-state index contributed by atoms with van der Waals surface area (Å²) in [5, 5.41) is 10.3. The van der Waals surface area contributed by atoms with E-state index < -0.39 is 6.10 Å². The molecular formula is C18H21NO3. The van der Waals surface area contributed by atoms with E-state index in [1.165, 1.54) is 0 Å². The molecular weight excluding hydrogens is 278 g/mol. The monoisotopic (exact) mass is 299 g/mol. The predicted molar refractivity (Wildman–Crippen MR) is 86.8 cm³/mol. The van der Waals surface area contributed by atoms with Gasteiger partial charge in [-0.05, 0) is 30.7 Å². The van der Waals surface area contributed by atoms with E-state index in [4.69, 9.17) is 9.47 Å². The fourth-order valence-electron chi connectivity index (χ4n) is 2.63. The number of hydrogen-bond donors (Lipinski definition) is 1. The molecule has 3 rings (SSSR count). The van der Waals surface area contributed by atoms with Crippen molar-refractivity contribution < 1.29 is 14.6 Å². The van der Waals surface area contributed by atoms with Gasteiger partial charge in [-0.25, -0.2) is 0 Å². The molecule has 0 amide bonds. The summed E-state index contributed by atoms with van der Waals surface area (Å²) in [6.07, 6.45) is -0.550. The van der Waals surface area contributed by atoms with Crippen LogP contribution in [0.1, 0.15) is 5.56 Å². The molecule has 2 aromatic rings. The van der Waals surface area contributed by atoms with Crippen LogP contribution in [-0.4, -0.2) is 37.5 Å². The standard InChI is InChI=1S/C18H21NO3/c1-14-6-2-4-8-17(14)22-13-15(20)12-19-10-11-21-18-9-5-3-7-16(18)19/h2-9,15,20H,10-13H2,1H3/t15-/m0/s1. The molecule has 1 aliphatic heterocycles. The molecule has 0 saturated carbocycles. The first-order valence-corrected chi connectivity index (χ1v) is 7.57. The second kappa shape index (κ2) is 6.71. The molecule has 0 unspecified atom stereocenters. The van der Waals surface area contributed by atoms with Crippen LogP contribution in [0.4, 0.5) is 5.69 Å². The highest BCUT2D eigenvalue weighted by Gasteiger charge is 2.20. The molecule has 0 spiro atoms. The van der Waals surface area contributed by atoms with Crippen molar-refractivity contribution in [1.82, 2.24) is 0 Å². The average molecular weight is 299 g/mol. The Morgan fingerprint density at radius 1 is 1.18 bits per heavy atom. The minimum Gasteiger partial charge on any atom is -0.491 e. The van der Waals surface area contributed by atoms with Gasteiger partial charge in [-0.3, -0.25) is 0 Å². The highest BCUT2D eigenvalue weighted by atomic mass is 16.5. The van der Waals surface area contributed by atoms with Gasteiger partial charge in [-0.1, -0.05) is 30.3 Å². The van der Waals surface area contributed by atoms with Gasteiger partial charge in [-0.2, -0.15) is 0 Å². The van der Waals surface area contributed by atoms with Gasteiger partial charge in [0.05, 0.1) is 12.2 Å². The Hall–Kier alpha value is -2.20. The second-order valence-electron chi connectivity index (χ2n) is 5.49. The molecule has 0 saturated heterocycles. The zero-order chi connectivity index (χ0) is 15.4. The Balaban J connectivity index is 1.59. The van der Waals surface area contributed by atoms with Gasteiger partial charge in [0.15, 0.2) is 0 Å². The molecule has 22 heavy (non-hydrogen) atoms. The van der Waals surface area contributed by atoms with E-state index >= 15 is 0 Å². The maximum atomic E-state index is 10.3. The highest BCUT2D eigenvalue weighted by molar-refractivity contribution is 5.59. The first-order chi connectivity index (χ1) is 10.7. The van der Waals surface area contributed by atoms with Crippen LogP contribution >= 0.6 is 0 Å². The smallest absolute Gasteiger partial charge is 0.142 e. The van der Waals surface area contributed by atoms with Crippen molar-refractivity contribution in [2.75, 3.05) is 31.2 Å². The van der Waals surface area contributed by atoms with Crippen LogP contribution in [0.15, 0.2) is 48.5 Å². The lowest BCUT2D eigenvalue weighted by Crippen LogP contribution is -2.40. The van der Waals surface area contributed by atoms with Crippen LogP contribution in [0.5, 0.6) is 11.5 Å². The Morgan fingerprint density at radius 3 is 2.82 bits per heavy atom. The lowest BCUT2D eigenvalue weighted by molar-refractivity contribution is 0.110. The Bertz CT molecular complexity index is 629. The number of anilines is 1. The van der Waals surface area contributed by atoms with Crippen molar-refractivity contribution in [1.29, 1.82) is 0 Å². The topological polar surface area (TPSA) is 41.9 Å². The van der Waals surface area contributed by atoms with Gasteiger partial charge in [0, 0.05) is 6.54 Å². The zero-order valence-electron chi connectivity index (χ0n) is 12.7. The summed E-state index contributed by atoms with van der Waals surface area (Å²) in [6, 6.07) is 15.8. The third-order valence-corrected chi connectivity index (χ3v) is 3.78. The number of aryl methyl sites for hydroxylation is 1. The average Bonchev–Trinajstić information content (AvgIpc) is 2.54. The molecule has 1 N–H and O–H groups in total. The van der Waals surface area contributed by atoms with Gasteiger partial charge < -0.3 is 19.5 Å². The molecule has 0 aromatic heterocycles. The lowest BCUT2D eigenvalue weighted by Gasteiger charge is -2.32. The molecule has 4 heteroatoms. The van der Waals surface area contributed by atoms with Crippen LogP contribution in [0.3, 0.4) is 0 Å². The highest BCUT2D eigenvalue weighted by Crippen LogP contribution is 2.30. The molecule has 1 aliphatic rings. The van der Waals surface area contributed by atoms with E-state index in [1.54, 1.807) is 0 Å². The van der Waals surface area contributed by atoms with Crippen LogP contribution < -0.4 is 14.4 Å². The third kappa shape index (κ3) is 3.34. The second-order valence-corrected chi connectivity index (χ2v) is 5.49. The first-order valence-electron chi connectivity index (χ1n) is 7.57. The van der Waals surface area contributed by atoms with Crippen molar-refractivity contribution >= 4 is 5.69 Å². The van der Waals surface area contributed by atoms with Crippen molar-refractivity contribution in [2.45, 2.75) is 13.0 Å². The summed E-state index contributed by atoms with van der Waals surface area (Å²) in [4.78, 5) is 2.14. The number of fused-ring (bicyclic) bond motifs is 1. The van der Waals surface area contributed by atoms with E-state index in [2.05, 4.69) is 4.90 Å². The molecule has 0 radical (unpaired) electrons. The summed E-state index contributed by atoms with van der Waals surface area (Å²) in [5.41, 5.74) is 2.11. The van der Waals surface area contributed by atoms with Crippen molar-refractivity contribution in [3.8, 4) is 11.5 Å². The number of β-amino-alcohol motifs (C(OH)–C–C–N with tert-alkyl or cyclic N) is 1. The van der Waals surface area contributed by atoms with Gasteiger partial charge >= 0.3 is 0 Å². The van der Waals surface area contributed by atoms with Gasteiger partial charge in [0.25, 0.3) is 0 Å². The summed E-state index contributed by atoms with van der Waals surface area (Å²) < 4.78 is 11.3. The molecule has 0 bridgehead atoms. The van der Waals surface area contributed by atoms with Crippen molar-refractivity contribution in [3.63, 3.8) is 0 Å². The van der Waals surface area contributed by atoms with Crippen LogP contribution in [0.25, 0.3) is 0 Å². The number of hydrogen-bond acceptors (Lipinski definition) is 4. The number of aliphatic hydroxyl groups is 1. The summed E-state index contributed by atoms with van der Waals surface area (Å²) in [6.45, 7) is 4.23. The molecule has 4 nitrogen and oxygen atoms in total. The number of rotatable bonds is 5. The quantitative estimate of drug-likeness (QED) is 0.921. The number of ether oxygens (including phenoxy) is 2. The molecule has 1 heterocycles. The molecule has 1 atom stereocenters. The SMILES string of the molecule is Cc1ccccc1OC[C@@H](O)CN1CCOc2ccccc21. The number of aliphatic hydroxyl groups excluding tert-OH is 1. The number of para-hydroxylation sites is 3. The minimum absolute atomic E-state index is 0.282. The molecule has 116 valence electrons. The van der Waals surface area contributed by atoms with Gasteiger partial charge in [0.1, 0.15) is 30.8 Å². The fraction of sp³-hybridized carbons (Fsp3) is 0.333. The Kier molecular flexibility index (Phi) is 4.49. The summed E-state index contributed by atoms with van der Waals surface area (Å²) >= 11 is 0. The molecule has 0 aliphatic carbocycles. The number of benzene rings is 2. The predicted octanol–water partition coefficient (Wildman–Crippen LogP) is 2.63. The van der Waals surface area contributed by atoms with E-state index in [1.807, 2.05) is 55.5 Å². The van der Waals surface area contributed by atoms with Crippen LogP contribution in [-0.2, 0) is 0 Å². The van der Waals surface area contributed by atoms with E-state index in [-0.39, 0.29) is 6.61 Å². The summed E-state index contributed by atoms with van der Waals surface area (Å²) in [7, 11) is 0. The van der Waals surface area contributed by atoms with Crippen LogP contribution in [0, 0.1) is 6.92 Å². The van der Waals surface area contributed by atoms with Gasteiger partial charge in [0.2, 0.25) is 0 Å². The van der Waals surface area contributed by atoms with E-state index in [0.717, 1.165) is 29.3 Å². The maximum Gasteiger partial charge on any atom is 0.142 e. The first kappa shape index (κ1) is 14.7. The third-order valence-electron chi connectivity index (χ3n) is 3.78. The molecule has 2 aromatic carbocycles. The lowest BCUT2D eigenvalue weighted by atomic mass is 10.2. The maximum absolute atomic E-state index is 10.3. The summed E-state index contributed by atoms with van der Waals surface area (Å²) in [5.74, 6) is 1.70. The largest absolute Gasteiger partial charge is 0.491 e. The Labute approximate surface area is 130 Å². The number of nitrogens with zero attached hydrogens (tertiary/aromatic N) is 1. The fourth-order valence-corrected chi connectivity index (χ4v) is 2.63. The Morgan fingerprint density at radius 2 is 1.95 bits per heavy atom. The van der Waals surface area contributed by atoms with Crippen molar-refractivity contribution in [2.24, 2.45) is 0 Å².